The summed E-state index contributed by atoms with van der Waals surface area (Å²) in [4.78, 5) is 0. The lowest BCUT2D eigenvalue weighted by atomic mass is 10.3. The van der Waals surface area contributed by atoms with Crippen LogP contribution >= 0.6 is 0 Å². The van der Waals surface area contributed by atoms with Gasteiger partial charge >= 0.3 is 0 Å². The molecule has 0 heterocycles. The SMILES string of the molecule is N/C(CCOC1CCCC1)=N\O. The number of rotatable bonds is 4. The molecule has 1 aliphatic carbocycles. The number of nitrogens with two attached hydrogens (primary N) is 1. The molecule has 0 saturated heterocycles. The van der Waals surface area contributed by atoms with Crippen LogP contribution in [0.2, 0.25) is 0 Å². The summed E-state index contributed by atoms with van der Waals surface area (Å²) >= 11 is 0. The van der Waals surface area contributed by atoms with Crippen LogP contribution in [-0.2, 0) is 4.74 Å². The highest BCUT2D eigenvalue weighted by atomic mass is 16.5. The Bertz CT molecular complexity index is 153. The molecule has 70 valence electrons. The molecule has 0 aromatic heterocycles. The van der Waals surface area contributed by atoms with Crippen molar-refractivity contribution in [3.63, 3.8) is 0 Å². The van der Waals surface area contributed by atoms with E-state index >= 15 is 0 Å². The summed E-state index contributed by atoms with van der Waals surface area (Å²) in [5, 5.41) is 11.1. The zero-order valence-electron chi connectivity index (χ0n) is 7.20. The third-order valence-electron chi connectivity index (χ3n) is 2.14. The molecule has 0 atom stereocenters. The molecule has 0 aliphatic heterocycles. The van der Waals surface area contributed by atoms with Crippen molar-refractivity contribution < 1.29 is 9.94 Å². The Morgan fingerprint density at radius 3 is 2.75 bits per heavy atom. The first-order valence-corrected chi connectivity index (χ1v) is 4.41. The lowest BCUT2D eigenvalue weighted by molar-refractivity contribution is 0.0631. The standard InChI is InChI=1S/C8H16N2O2/c9-8(10-11)5-6-12-7-3-1-2-4-7/h7,11H,1-6H2,(H2,9,10). The van der Waals surface area contributed by atoms with Crippen molar-refractivity contribution in [2.45, 2.75) is 38.2 Å². The Balaban J connectivity index is 2.01. The number of amidine groups is 1. The van der Waals surface area contributed by atoms with Crippen LogP contribution in [0.3, 0.4) is 0 Å². The lowest BCUT2D eigenvalue weighted by Crippen LogP contribution is -2.17. The summed E-state index contributed by atoms with van der Waals surface area (Å²) in [5.41, 5.74) is 5.28. The second-order valence-corrected chi connectivity index (χ2v) is 3.12. The monoisotopic (exact) mass is 172 g/mol. The number of ether oxygens (including phenoxy) is 1. The molecular formula is C8H16N2O2. The quantitative estimate of drug-likeness (QED) is 0.288. The van der Waals surface area contributed by atoms with Crippen molar-refractivity contribution in [1.82, 2.24) is 0 Å². The van der Waals surface area contributed by atoms with Crippen molar-refractivity contribution >= 4 is 5.84 Å². The lowest BCUT2D eigenvalue weighted by Gasteiger charge is -2.09. The molecule has 4 heteroatoms. The molecule has 0 radical (unpaired) electrons. The van der Waals surface area contributed by atoms with Gasteiger partial charge < -0.3 is 15.7 Å². The number of oxime groups is 1. The van der Waals surface area contributed by atoms with Crippen molar-refractivity contribution in [1.29, 1.82) is 0 Å². The Morgan fingerprint density at radius 2 is 2.17 bits per heavy atom. The molecule has 1 rings (SSSR count). The Hall–Kier alpha value is -0.770. The summed E-state index contributed by atoms with van der Waals surface area (Å²) < 4.78 is 5.50. The molecule has 0 unspecified atom stereocenters. The van der Waals surface area contributed by atoms with Crippen LogP contribution in [0.15, 0.2) is 5.16 Å². The summed E-state index contributed by atoms with van der Waals surface area (Å²) in [7, 11) is 0. The van der Waals surface area contributed by atoms with Crippen LogP contribution in [0.25, 0.3) is 0 Å². The van der Waals surface area contributed by atoms with E-state index in [1.54, 1.807) is 0 Å². The van der Waals surface area contributed by atoms with Crippen molar-refractivity contribution in [2.75, 3.05) is 6.61 Å². The molecule has 0 spiro atoms. The van der Waals surface area contributed by atoms with Gasteiger partial charge in [-0.3, -0.25) is 0 Å². The minimum atomic E-state index is 0.244. The van der Waals surface area contributed by atoms with Crippen LogP contribution < -0.4 is 5.73 Å². The smallest absolute Gasteiger partial charge is 0.141 e. The first-order chi connectivity index (χ1) is 5.83. The van der Waals surface area contributed by atoms with Gasteiger partial charge in [0, 0.05) is 6.42 Å². The molecule has 0 amide bonds. The first kappa shape index (κ1) is 9.32. The first-order valence-electron chi connectivity index (χ1n) is 4.41. The molecule has 0 bridgehead atoms. The second kappa shape index (κ2) is 4.98. The van der Waals surface area contributed by atoms with Gasteiger partial charge in [0.2, 0.25) is 0 Å². The van der Waals surface area contributed by atoms with Gasteiger partial charge in [0.1, 0.15) is 5.84 Å². The largest absolute Gasteiger partial charge is 0.409 e. The third-order valence-corrected chi connectivity index (χ3v) is 2.14. The van der Waals surface area contributed by atoms with Crippen molar-refractivity contribution in [3.8, 4) is 0 Å². The maximum Gasteiger partial charge on any atom is 0.141 e. The summed E-state index contributed by atoms with van der Waals surface area (Å²) in [6, 6.07) is 0. The fourth-order valence-electron chi connectivity index (χ4n) is 1.44. The molecule has 0 aromatic rings. The van der Waals surface area contributed by atoms with Crippen LogP contribution in [0.5, 0.6) is 0 Å². The van der Waals surface area contributed by atoms with Gasteiger partial charge in [-0.1, -0.05) is 18.0 Å². The Kier molecular flexibility index (Phi) is 3.87. The van der Waals surface area contributed by atoms with E-state index in [9.17, 15) is 0 Å². The molecular weight excluding hydrogens is 156 g/mol. The van der Waals surface area contributed by atoms with Crippen LogP contribution in [0, 0.1) is 0 Å². The normalized spacial score (nSPS) is 20.2. The van der Waals surface area contributed by atoms with E-state index in [1.165, 1.54) is 12.8 Å². The molecule has 1 saturated carbocycles. The fourth-order valence-corrected chi connectivity index (χ4v) is 1.44. The highest BCUT2D eigenvalue weighted by molar-refractivity contribution is 5.79. The third kappa shape index (κ3) is 3.09. The van der Waals surface area contributed by atoms with Gasteiger partial charge in [-0.05, 0) is 12.8 Å². The zero-order valence-corrected chi connectivity index (χ0v) is 7.20. The van der Waals surface area contributed by atoms with Gasteiger partial charge in [0.15, 0.2) is 0 Å². The van der Waals surface area contributed by atoms with E-state index in [4.69, 9.17) is 15.7 Å². The van der Waals surface area contributed by atoms with Crippen molar-refractivity contribution in [3.05, 3.63) is 0 Å². The Morgan fingerprint density at radius 1 is 1.50 bits per heavy atom. The van der Waals surface area contributed by atoms with Gasteiger partial charge in [0.25, 0.3) is 0 Å². The molecule has 4 nitrogen and oxygen atoms in total. The van der Waals surface area contributed by atoms with Crippen LogP contribution in [0.4, 0.5) is 0 Å². The van der Waals surface area contributed by atoms with Crippen LogP contribution in [-0.4, -0.2) is 23.8 Å². The summed E-state index contributed by atoms with van der Waals surface area (Å²) in [6.07, 6.45) is 5.80. The number of hydrogen-bond donors (Lipinski definition) is 2. The van der Waals surface area contributed by atoms with E-state index in [0.717, 1.165) is 12.8 Å². The van der Waals surface area contributed by atoms with Crippen LogP contribution in [0.1, 0.15) is 32.1 Å². The maximum absolute atomic E-state index is 8.23. The highest BCUT2D eigenvalue weighted by Crippen LogP contribution is 2.20. The summed E-state index contributed by atoms with van der Waals surface area (Å²) in [6.45, 7) is 0.570. The Labute approximate surface area is 72.4 Å². The number of hydrogen-bond acceptors (Lipinski definition) is 3. The van der Waals surface area contributed by atoms with Gasteiger partial charge in [-0.25, -0.2) is 0 Å². The summed E-state index contributed by atoms with van der Waals surface area (Å²) in [5.74, 6) is 0.244. The minimum Gasteiger partial charge on any atom is -0.409 e. The maximum atomic E-state index is 8.23. The fraction of sp³-hybridized carbons (Fsp3) is 0.875. The average molecular weight is 172 g/mol. The van der Waals surface area contributed by atoms with E-state index < -0.39 is 0 Å². The minimum absolute atomic E-state index is 0.244. The van der Waals surface area contributed by atoms with Gasteiger partial charge in [-0.2, -0.15) is 0 Å². The average Bonchev–Trinajstić information content (AvgIpc) is 2.57. The van der Waals surface area contributed by atoms with E-state index in [2.05, 4.69) is 5.16 Å². The topological polar surface area (TPSA) is 67.8 Å². The zero-order chi connectivity index (χ0) is 8.81. The molecule has 1 fully saturated rings. The molecule has 12 heavy (non-hydrogen) atoms. The second-order valence-electron chi connectivity index (χ2n) is 3.12. The molecule has 0 aromatic carbocycles. The van der Waals surface area contributed by atoms with E-state index in [0.29, 0.717) is 19.1 Å². The van der Waals surface area contributed by atoms with E-state index in [1.807, 2.05) is 0 Å². The van der Waals surface area contributed by atoms with E-state index in [-0.39, 0.29) is 5.84 Å². The van der Waals surface area contributed by atoms with Gasteiger partial charge in [0.05, 0.1) is 12.7 Å². The predicted octanol–water partition coefficient (Wildman–Crippen LogP) is 1.08. The van der Waals surface area contributed by atoms with Crippen molar-refractivity contribution in [2.24, 2.45) is 10.9 Å². The predicted molar refractivity (Wildman–Crippen MR) is 46.2 cm³/mol. The highest BCUT2D eigenvalue weighted by Gasteiger charge is 2.14. The molecule has 3 N–H and O–H groups in total. The van der Waals surface area contributed by atoms with Gasteiger partial charge in [-0.15, -0.1) is 0 Å². The number of nitrogens with zero attached hydrogens (tertiary/aromatic N) is 1. The molecule has 1 aliphatic rings.